The first-order valence-corrected chi connectivity index (χ1v) is 2.83. The third-order valence-electron chi connectivity index (χ3n) is 0.748. The van der Waals surface area contributed by atoms with Crippen LogP contribution in [-0.4, -0.2) is 0 Å². The molecule has 1 aromatic heterocycles. The summed E-state index contributed by atoms with van der Waals surface area (Å²) in [6.07, 6.45) is 6.56. The average Bonchev–Trinajstić information content (AvgIpc) is 2.14. The van der Waals surface area contributed by atoms with Gasteiger partial charge in [0.1, 0.15) is 0 Å². The molecule has 8 heavy (non-hydrogen) atoms. The van der Waals surface area contributed by atoms with Crippen molar-refractivity contribution < 1.29 is 4.42 Å². The van der Waals surface area contributed by atoms with Crippen LogP contribution in [0, 0.1) is 12.3 Å². The molecule has 40 valence electrons. The fourth-order valence-electron chi connectivity index (χ4n) is 0.397. The zero-order valence-corrected chi connectivity index (χ0v) is 5.60. The molecule has 1 nitrogen and oxygen atoms in total. The molecule has 0 saturated carbocycles. The van der Waals surface area contributed by atoms with Crippen LogP contribution in [0.15, 0.2) is 21.2 Å². The van der Waals surface area contributed by atoms with Gasteiger partial charge in [-0.2, -0.15) is 0 Å². The summed E-state index contributed by atoms with van der Waals surface area (Å²) in [6, 6.07) is 1.76. The Balaban J connectivity index is 3.15. The maximum Gasteiger partial charge on any atom is 0.190 e. The summed E-state index contributed by atoms with van der Waals surface area (Å²) in [5.41, 5.74) is 0. The summed E-state index contributed by atoms with van der Waals surface area (Å²) in [5, 5.41) is 0. The molecule has 0 unspecified atom stereocenters. The molecule has 0 saturated heterocycles. The van der Waals surface area contributed by atoms with E-state index in [-0.39, 0.29) is 0 Å². The molecule has 0 fully saturated rings. The lowest BCUT2D eigenvalue weighted by atomic mass is 10.5. The highest BCUT2D eigenvalue weighted by Gasteiger charge is 1.95. The predicted molar refractivity (Wildman–Crippen MR) is 34.3 cm³/mol. The lowest BCUT2D eigenvalue weighted by Crippen LogP contribution is -1.61. The molecular formula is C6H3BrO. The summed E-state index contributed by atoms with van der Waals surface area (Å²) in [6.45, 7) is 0. The first kappa shape index (κ1) is 5.46. The van der Waals surface area contributed by atoms with E-state index in [1.54, 1.807) is 12.3 Å². The van der Waals surface area contributed by atoms with Crippen LogP contribution in [0.5, 0.6) is 0 Å². The molecule has 0 bridgehead atoms. The van der Waals surface area contributed by atoms with E-state index in [4.69, 9.17) is 10.8 Å². The Hall–Kier alpha value is -0.680. The fourth-order valence-corrected chi connectivity index (χ4v) is 0.713. The van der Waals surface area contributed by atoms with Crippen LogP contribution in [0.4, 0.5) is 0 Å². The van der Waals surface area contributed by atoms with Gasteiger partial charge in [0.25, 0.3) is 0 Å². The lowest BCUT2D eigenvalue weighted by molar-refractivity contribution is 0.553. The van der Waals surface area contributed by atoms with E-state index in [0.717, 1.165) is 4.47 Å². The van der Waals surface area contributed by atoms with Crippen molar-refractivity contribution in [3.63, 3.8) is 0 Å². The minimum absolute atomic E-state index is 0.546. The van der Waals surface area contributed by atoms with Gasteiger partial charge in [-0.3, -0.25) is 0 Å². The minimum Gasteiger partial charge on any atom is -0.455 e. The van der Waals surface area contributed by atoms with Crippen LogP contribution in [0.1, 0.15) is 5.76 Å². The second-order valence-electron chi connectivity index (χ2n) is 1.24. The van der Waals surface area contributed by atoms with Gasteiger partial charge in [0, 0.05) is 0 Å². The third kappa shape index (κ3) is 0.775. The van der Waals surface area contributed by atoms with E-state index in [2.05, 4.69) is 21.9 Å². The van der Waals surface area contributed by atoms with Gasteiger partial charge in [0.15, 0.2) is 5.76 Å². The Morgan fingerprint density at radius 3 is 2.75 bits per heavy atom. The number of halogens is 1. The Labute approximate surface area is 55.8 Å². The van der Waals surface area contributed by atoms with Gasteiger partial charge in [-0.1, -0.05) is 0 Å². The first-order chi connectivity index (χ1) is 3.84. The molecule has 0 atom stereocenters. The van der Waals surface area contributed by atoms with Crippen LogP contribution in [0.3, 0.4) is 0 Å². The number of terminal acetylenes is 1. The van der Waals surface area contributed by atoms with Gasteiger partial charge in [-0.15, -0.1) is 6.42 Å². The number of furan rings is 1. The molecule has 0 aromatic carbocycles. The molecule has 2 heteroatoms. The van der Waals surface area contributed by atoms with Crippen molar-refractivity contribution in [2.45, 2.75) is 0 Å². The average molecular weight is 171 g/mol. The van der Waals surface area contributed by atoms with Crippen LogP contribution in [0.25, 0.3) is 0 Å². The second-order valence-corrected chi connectivity index (χ2v) is 2.10. The van der Waals surface area contributed by atoms with Crippen LogP contribution >= 0.6 is 15.9 Å². The molecule has 0 N–H and O–H groups in total. The molecule has 0 aliphatic rings. The van der Waals surface area contributed by atoms with Crippen molar-refractivity contribution in [3.05, 3.63) is 22.6 Å². The van der Waals surface area contributed by atoms with Crippen molar-refractivity contribution in [2.75, 3.05) is 0 Å². The topological polar surface area (TPSA) is 13.1 Å². The highest BCUT2D eigenvalue weighted by Crippen LogP contribution is 2.15. The minimum atomic E-state index is 0.546. The zero-order valence-electron chi connectivity index (χ0n) is 4.02. The maximum atomic E-state index is 5.02. The van der Waals surface area contributed by atoms with Crippen molar-refractivity contribution in [1.29, 1.82) is 0 Å². The quantitative estimate of drug-likeness (QED) is 0.544. The number of hydrogen-bond acceptors (Lipinski definition) is 1. The largest absolute Gasteiger partial charge is 0.455 e. The highest BCUT2D eigenvalue weighted by atomic mass is 79.9. The normalized spacial score (nSPS) is 8.50. The van der Waals surface area contributed by atoms with E-state index in [1.807, 2.05) is 0 Å². The van der Waals surface area contributed by atoms with E-state index in [9.17, 15) is 0 Å². The molecule has 1 rings (SSSR count). The molecule has 0 radical (unpaired) electrons. The molecule has 0 aliphatic carbocycles. The first-order valence-electron chi connectivity index (χ1n) is 2.04. The van der Waals surface area contributed by atoms with Crippen LogP contribution in [-0.2, 0) is 0 Å². The van der Waals surface area contributed by atoms with Crippen molar-refractivity contribution in [1.82, 2.24) is 0 Å². The number of hydrogen-bond donors (Lipinski definition) is 0. The Bertz CT molecular complexity index is 219. The van der Waals surface area contributed by atoms with E-state index in [1.165, 1.54) is 0 Å². The fraction of sp³-hybridized carbons (Fsp3) is 0. The monoisotopic (exact) mass is 170 g/mol. The molecule has 0 aliphatic heterocycles. The summed E-state index contributed by atoms with van der Waals surface area (Å²) in [4.78, 5) is 0. The predicted octanol–water partition coefficient (Wildman–Crippen LogP) is 2.02. The maximum absolute atomic E-state index is 5.02. The summed E-state index contributed by atoms with van der Waals surface area (Å²) < 4.78 is 5.66. The Morgan fingerprint density at radius 2 is 2.50 bits per heavy atom. The van der Waals surface area contributed by atoms with Crippen molar-refractivity contribution in [2.24, 2.45) is 0 Å². The summed E-state index contributed by atoms with van der Waals surface area (Å²) in [7, 11) is 0. The third-order valence-corrected chi connectivity index (χ3v) is 1.37. The zero-order chi connectivity index (χ0) is 5.98. The van der Waals surface area contributed by atoms with Crippen molar-refractivity contribution in [3.8, 4) is 12.3 Å². The van der Waals surface area contributed by atoms with Gasteiger partial charge in [0.05, 0.1) is 10.7 Å². The molecule has 0 spiro atoms. The Morgan fingerprint density at radius 1 is 1.75 bits per heavy atom. The highest BCUT2D eigenvalue weighted by molar-refractivity contribution is 9.10. The van der Waals surface area contributed by atoms with Gasteiger partial charge >= 0.3 is 0 Å². The summed E-state index contributed by atoms with van der Waals surface area (Å²) in [5.74, 6) is 2.91. The molecular weight excluding hydrogens is 168 g/mol. The second kappa shape index (κ2) is 2.06. The SMILES string of the molecule is C#Cc1occc1Br. The van der Waals surface area contributed by atoms with E-state index < -0.39 is 0 Å². The molecule has 0 amide bonds. The van der Waals surface area contributed by atoms with Gasteiger partial charge in [-0.25, -0.2) is 0 Å². The van der Waals surface area contributed by atoms with Gasteiger partial charge in [-0.05, 0) is 27.9 Å². The Kier molecular flexibility index (Phi) is 1.40. The van der Waals surface area contributed by atoms with Crippen molar-refractivity contribution >= 4 is 15.9 Å². The standard InChI is InChI=1S/C6H3BrO/c1-2-6-5(7)3-4-8-6/h1,3-4H. The van der Waals surface area contributed by atoms with Gasteiger partial charge < -0.3 is 4.42 Å². The number of rotatable bonds is 0. The smallest absolute Gasteiger partial charge is 0.190 e. The van der Waals surface area contributed by atoms with Crippen LogP contribution < -0.4 is 0 Å². The summed E-state index contributed by atoms with van der Waals surface area (Å²) >= 11 is 3.19. The van der Waals surface area contributed by atoms with E-state index in [0.29, 0.717) is 5.76 Å². The van der Waals surface area contributed by atoms with E-state index >= 15 is 0 Å². The van der Waals surface area contributed by atoms with Crippen LogP contribution in [0.2, 0.25) is 0 Å². The molecule has 1 aromatic rings. The lowest BCUT2D eigenvalue weighted by Gasteiger charge is -1.76. The molecule has 1 heterocycles. The van der Waals surface area contributed by atoms with Gasteiger partial charge in [0.2, 0.25) is 0 Å².